The summed E-state index contributed by atoms with van der Waals surface area (Å²) in [4.78, 5) is 0. The van der Waals surface area contributed by atoms with Gasteiger partial charge in [-0.05, 0) is 49.8 Å². The molecule has 1 aromatic rings. The second-order valence-corrected chi connectivity index (χ2v) is 5.98. The fraction of sp³-hybridized carbons (Fsp3) is 0.684. The van der Waals surface area contributed by atoms with E-state index in [1.807, 2.05) is 19.1 Å². The maximum atomic E-state index is 9.59. The number of hydrogen-bond donors (Lipinski definition) is 1. The molecule has 24 heavy (non-hydrogen) atoms. The molecule has 1 aromatic carbocycles. The molecule has 138 valence electrons. The first-order valence-corrected chi connectivity index (χ1v) is 8.63. The van der Waals surface area contributed by atoms with Crippen LogP contribution in [0.15, 0.2) is 24.3 Å². The number of benzene rings is 1. The van der Waals surface area contributed by atoms with Gasteiger partial charge >= 0.3 is 0 Å². The van der Waals surface area contributed by atoms with Gasteiger partial charge in [0.05, 0.1) is 6.61 Å². The van der Waals surface area contributed by atoms with E-state index in [1.165, 1.54) is 12.7 Å². The lowest BCUT2D eigenvalue weighted by molar-refractivity contribution is -0.158. The van der Waals surface area contributed by atoms with Crippen molar-refractivity contribution in [1.29, 1.82) is 0 Å². The molecule has 1 rings (SSSR count). The van der Waals surface area contributed by atoms with E-state index >= 15 is 0 Å². The van der Waals surface area contributed by atoms with Crippen LogP contribution < -0.4 is 4.74 Å². The van der Waals surface area contributed by atoms with Crippen molar-refractivity contribution in [3.63, 3.8) is 0 Å². The minimum Gasteiger partial charge on any atom is -0.465 e. The number of ether oxygens (including phenoxy) is 4. The Morgan fingerprint density at radius 1 is 1.04 bits per heavy atom. The molecule has 4 unspecified atom stereocenters. The summed E-state index contributed by atoms with van der Waals surface area (Å²) < 4.78 is 21.5. The van der Waals surface area contributed by atoms with Crippen molar-refractivity contribution in [3.8, 4) is 5.75 Å². The molecule has 0 aliphatic carbocycles. The van der Waals surface area contributed by atoms with Crippen LogP contribution in [-0.4, -0.2) is 44.6 Å². The molecule has 0 saturated heterocycles. The monoisotopic (exact) mass is 340 g/mol. The van der Waals surface area contributed by atoms with Crippen molar-refractivity contribution in [1.82, 2.24) is 0 Å². The first kappa shape index (κ1) is 20.9. The minimum absolute atomic E-state index is 0.326. The van der Waals surface area contributed by atoms with Crippen molar-refractivity contribution in [2.45, 2.75) is 64.6 Å². The van der Waals surface area contributed by atoms with Crippen LogP contribution in [0.4, 0.5) is 0 Å². The highest BCUT2D eigenvalue weighted by Crippen LogP contribution is 2.22. The largest absolute Gasteiger partial charge is 0.465 e. The summed E-state index contributed by atoms with van der Waals surface area (Å²) in [6.07, 6.45) is 0.949. The zero-order valence-electron chi connectivity index (χ0n) is 15.5. The van der Waals surface area contributed by atoms with E-state index in [0.717, 1.165) is 18.6 Å². The zero-order valence-corrected chi connectivity index (χ0v) is 15.5. The van der Waals surface area contributed by atoms with Gasteiger partial charge in [0.25, 0.3) is 0 Å². The molecule has 4 atom stereocenters. The number of methoxy groups -OCH3 is 2. The zero-order chi connectivity index (χ0) is 17.9. The van der Waals surface area contributed by atoms with Crippen LogP contribution >= 0.6 is 0 Å². The Balaban J connectivity index is 2.30. The normalized spacial score (nSPS) is 16.4. The van der Waals surface area contributed by atoms with Crippen LogP contribution in [0.1, 0.15) is 51.5 Å². The van der Waals surface area contributed by atoms with Crippen molar-refractivity contribution in [2.75, 3.05) is 20.8 Å². The molecule has 0 aromatic heterocycles. The summed E-state index contributed by atoms with van der Waals surface area (Å²) in [7, 11) is 3.01. The van der Waals surface area contributed by atoms with Gasteiger partial charge in [-0.2, -0.15) is 0 Å². The summed E-state index contributed by atoms with van der Waals surface area (Å²) in [6.45, 7) is 6.81. The summed E-state index contributed by atoms with van der Waals surface area (Å²) in [6, 6.07) is 8.17. The predicted octanol–water partition coefficient (Wildman–Crippen LogP) is 3.70. The number of aliphatic hydroxyl groups excluding tert-OH is 1. The highest BCUT2D eigenvalue weighted by atomic mass is 16.7. The number of aliphatic hydroxyl groups is 1. The van der Waals surface area contributed by atoms with Crippen LogP contribution in [0.5, 0.6) is 5.75 Å². The first-order chi connectivity index (χ1) is 11.5. The van der Waals surface area contributed by atoms with Crippen LogP contribution in [0.25, 0.3) is 0 Å². The first-order valence-electron chi connectivity index (χ1n) is 8.63. The van der Waals surface area contributed by atoms with Crippen LogP contribution in [0.2, 0.25) is 0 Å². The highest BCUT2D eigenvalue weighted by molar-refractivity contribution is 5.29. The second kappa shape index (κ2) is 11.4. The van der Waals surface area contributed by atoms with Crippen LogP contribution in [0, 0.1) is 0 Å². The smallest absolute Gasteiger partial charge is 0.196 e. The Labute approximate surface area is 145 Å². The molecule has 1 N–H and O–H groups in total. The average Bonchev–Trinajstić information content (AvgIpc) is 2.61. The van der Waals surface area contributed by atoms with Gasteiger partial charge in [-0.15, -0.1) is 0 Å². The minimum atomic E-state index is -0.910. The third kappa shape index (κ3) is 7.18. The second-order valence-electron chi connectivity index (χ2n) is 5.98. The summed E-state index contributed by atoms with van der Waals surface area (Å²) in [5, 5.41) is 9.59. The molecular formula is C19H32O5. The maximum absolute atomic E-state index is 9.59. The van der Waals surface area contributed by atoms with Crippen molar-refractivity contribution in [2.24, 2.45) is 0 Å². The van der Waals surface area contributed by atoms with Crippen LogP contribution in [0.3, 0.4) is 0 Å². The lowest BCUT2D eigenvalue weighted by atomic mass is 9.99. The summed E-state index contributed by atoms with van der Waals surface area (Å²) in [5.74, 6) is 1.36. The maximum Gasteiger partial charge on any atom is 0.196 e. The molecule has 0 heterocycles. The van der Waals surface area contributed by atoms with Gasteiger partial charge in [-0.1, -0.05) is 26.0 Å². The summed E-state index contributed by atoms with van der Waals surface area (Å²) in [5.41, 5.74) is 1.32. The van der Waals surface area contributed by atoms with Gasteiger partial charge in [-0.25, -0.2) is 0 Å². The molecule has 0 saturated carbocycles. The van der Waals surface area contributed by atoms with E-state index in [1.54, 1.807) is 7.11 Å². The Bertz CT molecular complexity index is 434. The Kier molecular flexibility index (Phi) is 9.95. The number of hydrogen-bond acceptors (Lipinski definition) is 5. The van der Waals surface area contributed by atoms with Crippen molar-refractivity contribution in [3.05, 3.63) is 29.8 Å². The Morgan fingerprint density at radius 2 is 1.71 bits per heavy atom. The highest BCUT2D eigenvalue weighted by Gasteiger charge is 2.17. The van der Waals surface area contributed by atoms with Gasteiger partial charge in [0.2, 0.25) is 0 Å². The standard InChI is InChI=1S/C19H32O5/c1-6-14(2)16-9-11-17(12-10-16)24-15(3)23-13-7-8-18(21-4)19(20)22-5/h9-12,14-15,18-20H,6-8,13H2,1-5H3. The van der Waals surface area contributed by atoms with Gasteiger partial charge in [-0.3, -0.25) is 0 Å². The Hall–Kier alpha value is -1.14. The molecule has 5 nitrogen and oxygen atoms in total. The van der Waals surface area contributed by atoms with E-state index < -0.39 is 6.29 Å². The third-order valence-electron chi connectivity index (χ3n) is 4.21. The van der Waals surface area contributed by atoms with E-state index in [2.05, 4.69) is 26.0 Å². The average molecular weight is 340 g/mol. The van der Waals surface area contributed by atoms with E-state index in [9.17, 15) is 5.11 Å². The molecule has 0 spiro atoms. The third-order valence-corrected chi connectivity index (χ3v) is 4.21. The van der Waals surface area contributed by atoms with Gasteiger partial charge in [0, 0.05) is 14.2 Å². The molecule has 5 heteroatoms. The quantitative estimate of drug-likeness (QED) is 0.464. The van der Waals surface area contributed by atoms with Gasteiger partial charge in [0.1, 0.15) is 11.9 Å². The topological polar surface area (TPSA) is 57.2 Å². The fourth-order valence-corrected chi connectivity index (χ4v) is 2.40. The van der Waals surface area contributed by atoms with Crippen molar-refractivity contribution < 1.29 is 24.1 Å². The molecule has 0 bridgehead atoms. The van der Waals surface area contributed by atoms with Gasteiger partial charge in [0.15, 0.2) is 12.6 Å². The van der Waals surface area contributed by atoms with E-state index in [-0.39, 0.29) is 12.4 Å². The molecule has 0 radical (unpaired) electrons. The molecule has 0 aliphatic heterocycles. The van der Waals surface area contributed by atoms with Gasteiger partial charge < -0.3 is 24.1 Å². The lowest BCUT2D eigenvalue weighted by Gasteiger charge is -2.21. The fourth-order valence-electron chi connectivity index (χ4n) is 2.40. The SMILES string of the molecule is CCC(C)c1ccc(OC(C)OCCCC(OC)C(O)OC)cc1. The molecule has 0 aliphatic rings. The molecular weight excluding hydrogens is 308 g/mol. The van der Waals surface area contributed by atoms with Crippen molar-refractivity contribution >= 4 is 0 Å². The van der Waals surface area contributed by atoms with E-state index in [0.29, 0.717) is 18.9 Å². The van der Waals surface area contributed by atoms with Crippen LogP contribution in [-0.2, 0) is 14.2 Å². The predicted molar refractivity (Wildman–Crippen MR) is 94.2 cm³/mol. The van der Waals surface area contributed by atoms with E-state index in [4.69, 9.17) is 18.9 Å². The summed E-state index contributed by atoms with van der Waals surface area (Å²) >= 11 is 0. The lowest BCUT2D eigenvalue weighted by Crippen LogP contribution is -2.30. The Morgan fingerprint density at radius 3 is 2.25 bits per heavy atom. The molecule has 0 amide bonds. The number of rotatable bonds is 12. The molecule has 0 fully saturated rings.